The van der Waals surface area contributed by atoms with Crippen LogP contribution in [0.1, 0.15) is 23.1 Å². The smallest absolute Gasteiger partial charge is 0.124 e. The maximum absolute atomic E-state index is 6.24. The Morgan fingerprint density at radius 2 is 1.30 bits per heavy atom. The van der Waals surface area contributed by atoms with Crippen LogP contribution in [-0.4, -0.2) is 13.2 Å². The van der Waals surface area contributed by atoms with E-state index in [0.29, 0.717) is 6.61 Å². The Labute approximate surface area is 179 Å². The van der Waals surface area contributed by atoms with E-state index in [1.165, 1.54) is 27.5 Å². The van der Waals surface area contributed by atoms with Gasteiger partial charge in [-0.1, -0.05) is 91.0 Å². The molecule has 0 radical (unpaired) electrons. The summed E-state index contributed by atoms with van der Waals surface area (Å²) in [7, 11) is 0. The Bertz CT molecular complexity index is 1040. The summed E-state index contributed by atoms with van der Waals surface area (Å²) in [6.45, 7) is 2.49. The van der Waals surface area contributed by atoms with Gasteiger partial charge in [0.05, 0.1) is 6.61 Å². The minimum absolute atomic E-state index is 0.684. The molecule has 0 fully saturated rings. The lowest BCUT2D eigenvalue weighted by molar-refractivity contribution is 0.318. The Morgan fingerprint density at radius 1 is 0.633 bits per heavy atom. The molecule has 0 heterocycles. The van der Waals surface area contributed by atoms with E-state index in [2.05, 4.69) is 102 Å². The molecule has 2 nitrogen and oxygen atoms in total. The maximum Gasteiger partial charge on any atom is 0.124 e. The van der Waals surface area contributed by atoms with Crippen molar-refractivity contribution in [3.05, 3.63) is 114 Å². The second-order valence-electron chi connectivity index (χ2n) is 7.61. The van der Waals surface area contributed by atoms with Crippen LogP contribution in [0, 0.1) is 0 Å². The molecule has 0 aromatic heterocycles. The molecule has 0 aliphatic carbocycles. The molecule has 2 heteroatoms. The molecule has 30 heavy (non-hydrogen) atoms. The van der Waals surface area contributed by atoms with Crippen LogP contribution in [0.4, 0.5) is 0 Å². The molecular formula is C28H29NO. The monoisotopic (exact) mass is 395 g/mol. The van der Waals surface area contributed by atoms with Crippen LogP contribution in [-0.2, 0) is 19.4 Å². The number of rotatable bonds is 10. The van der Waals surface area contributed by atoms with E-state index in [1.807, 2.05) is 0 Å². The van der Waals surface area contributed by atoms with Crippen LogP contribution in [0.25, 0.3) is 10.8 Å². The molecule has 0 amide bonds. The van der Waals surface area contributed by atoms with Crippen molar-refractivity contribution >= 4 is 10.8 Å². The highest BCUT2D eigenvalue weighted by atomic mass is 16.5. The summed E-state index contributed by atoms with van der Waals surface area (Å²) >= 11 is 0. The van der Waals surface area contributed by atoms with Gasteiger partial charge in [-0.2, -0.15) is 0 Å². The van der Waals surface area contributed by atoms with Gasteiger partial charge >= 0.3 is 0 Å². The first-order valence-electron chi connectivity index (χ1n) is 10.8. The van der Waals surface area contributed by atoms with Gasteiger partial charge in [0.25, 0.3) is 0 Å². The molecule has 0 unspecified atom stereocenters. The Balaban J connectivity index is 1.38. The van der Waals surface area contributed by atoms with Crippen molar-refractivity contribution in [3.63, 3.8) is 0 Å². The zero-order chi connectivity index (χ0) is 20.4. The van der Waals surface area contributed by atoms with Gasteiger partial charge in [0, 0.05) is 18.5 Å². The first-order valence-corrected chi connectivity index (χ1v) is 10.8. The summed E-state index contributed by atoms with van der Waals surface area (Å²) in [4.78, 5) is 0. The number of hydrogen-bond acceptors (Lipinski definition) is 2. The van der Waals surface area contributed by atoms with E-state index in [4.69, 9.17) is 4.74 Å². The minimum Gasteiger partial charge on any atom is -0.493 e. The molecule has 4 rings (SSSR count). The molecule has 0 atom stereocenters. The average molecular weight is 396 g/mol. The molecule has 152 valence electrons. The van der Waals surface area contributed by atoms with Gasteiger partial charge in [-0.05, 0) is 47.4 Å². The third kappa shape index (κ3) is 5.49. The van der Waals surface area contributed by atoms with Gasteiger partial charge in [-0.3, -0.25) is 0 Å². The number of nitrogens with one attached hydrogen (secondary N) is 1. The molecule has 0 saturated heterocycles. The van der Waals surface area contributed by atoms with E-state index in [-0.39, 0.29) is 0 Å². The molecule has 4 aromatic carbocycles. The number of hydrogen-bond donors (Lipinski definition) is 1. The van der Waals surface area contributed by atoms with Crippen molar-refractivity contribution in [2.75, 3.05) is 13.2 Å². The second kappa shape index (κ2) is 10.6. The van der Waals surface area contributed by atoms with Crippen molar-refractivity contribution < 1.29 is 4.74 Å². The zero-order valence-electron chi connectivity index (χ0n) is 17.4. The lowest BCUT2D eigenvalue weighted by atomic mass is 10.0. The van der Waals surface area contributed by atoms with Crippen LogP contribution in [0.5, 0.6) is 5.75 Å². The predicted octanol–water partition coefficient (Wildman–Crippen LogP) is 6.18. The standard InChI is InChI=1S/C28H29NO/c1-3-10-23(11-4-1)14-9-20-29-22-27-26-16-8-7-15-25(26)17-18-28(27)30-21-19-24-12-5-2-6-13-24/h1-8,10-13,15-18,29H,9,14,19-22H2. The van der Waals surface area contributed by atoms with E-state index < -0.39 is 0 Å². The first-order chi connectivity index (χ1) is 14.9. The normalized spacial score (nSPS) is 10.9. The molecule has 0 saturated carbocycles. The van der Waals surface area contributed by atoms with Gasteiger partial charge < -0.3 is 10.1 Å². The van der Waals surface area contributed by atoms with Crippen molar-refractivity contribution in [2.24, 2.45) is 0 Å². The van der Waals surface area contributed by atoms with E-state index in [0.717, 1.165) is 38.1 Å². The molecule has 4 aromatic rings. The van der Waals surface area contributed by atoms with E-state index in [9.17, 15) is 0 Å². The van der Waals surface area contributed by atoms with Gasteiger partial charge in [0.1, 0.15) is 5.75 Å². The number of ether oxygens (including phenoxy) is 1. The summed E-state index contributed by atoms with van der Waals surface area (Å²) in [5.41, 5.74) is 3.95. The minimum atomic E-state index is 0.684. The highest BCUT2D eigenvalue weighted by Gasteiger charge is 2.09. The van der Waals surface area contributed by atoms with Crippen LogP contribution >= 0.6 is 0 Å². The molecule has 0 spiro atoms. The summed E-state index contributed by atoms with van der Waals surface area (Å²) in [5.74, 6) is 0.986. The zero-order valence-corrected chi connectivity index (χ0v) is 17.4. The van der Waals surface area contributed by atoms with E-state index in [1.54, 1.807) is 0 Å². The van der Waals surface area contributed by atoms with E-state index >= 15 is 0 Å². The largest absolute Gasteiger partial charge is 0.493 e. The van der Waals surface area contributed by atoms with Crippen molar-refractivity contribution in [1.82, 2.24) is 5.32 Å². The summed E-state index contributed by atoms with van der Waals surface area (Å²) < 4.78 is 6.24. The van der Waals surface area contributed by atoms with Crippen molar-refractivity contribution in [2.45, 2.75) is 25.8 Å². The fourth-order valence-corrected chi connectivity index (χ4v) is 3.83. The Hall–Kier alpha value is -3.10. The molecule has 0 aliphatic rings. The second-order valence-corrected chi connectivity index (χ2v) is 7.61. The summed E-state index contributed by atoms with van der Waals surface area (Å²) in [6, 6.07) is 34.0. The average Bonchev–Trinajstić information content (AvgIpc) is 2.81. The number of fused-ring (bicyclic) bond motifs is 1. The van der Waals surface area contributed by atoms with Crippen LogP contribution in [0.15, 0.2) is 97.1 Å². The highest BCUT2D eigenvalue weighted by Crippen LogP contribution is 2.28. The highest BCUT2D eigenvalue weighted by molar-refractivity contribution is 5.87. The van der Waals surface area contributed by atoms with Gasteiger partial charge in [0.15, 0.2) is 0 Å². The predicted molar refractivity (Wildman–Crippen MR) is 126 cm³/mol. The third-order valence-corrected chi connectivity index (χ3v) is 5.45. The van der Waals surface area contributed by atoms with Gasteiger partial charge in [-0.25, -0.2) is 0 Å². The van der Waals surface area contributed by atoms with Crippen LogP contribution in [0.3, 0.4) is 0 Å². The van der Waals surface area contributed by atoms with Crippen LogP contribution < -0.4 is 10.1 Å². The molecule has 0 bridgehead atoms. The SMILES string of the molecule is c1ccc(CCCNCc2c(OCCc3ccccc3)ccc3ccccc23)cc1. The van der Waals surface area contributed by atoms with Gasteiger partial charge in [-0.15, -0.1) is 0 Å². The fraction of sp³-hybridized carbons (Fsp3) is 0.214. The maximum atomic E-state index is 6.24. The van der Waals surface area contributed by atoms with Crippen molar-refractivity contribution in [3.8, 4) is 5.75 Å². The molecular weight excluding hydrogens is 366 g/mol. The third-order valence-electron chi connectivity index (χ3n) is 5.45. The summed E-state index contributed by atoms with van der Waals surface area (Å²) in [5, 5.41) is 6.16. The quantitative estimate of drug-likeness (QED) is 0.324. The Morgan fingerprint density at radius 3 is 2.07 bits per heavy atom. The molecule has 0 aliphatic heterocycles. The number of aryl methyl sites for hydroxylation is 1. The van der Waals surface area contributed by atoms with Crippen LogP contribution in [0.2, 0.25) is 0 Å². The summed E-state index contributed by atoms with van der Waals surface area (Å²) in [6.07, 6.45) is 3.14. The van der Waals surface area contributed by atoms with Crippen molar-refractivity contribution in [1.29, 1.82) is 0 Å². The van der Waals surface area contributed by atoms with Gasteiger partial charge in [0.2, 0.25) is 0 Å². The lowest BCUT2D eigenvalue weighted by Gasteiger charge is -2.15. The lowest BCUT2D eigenvalue weighted by Crippen LogP contribution is -2.16. The first kappa shape index (κ1) is 20.2. The molecule has 1 N–H and O–H groups in total. The fourth-order valence-electron chi connectivity index (χ4n) is 3.83. The topological polar surface area (TPSA) is 21.3 Å². The Kier molecular flexibility index (Phi) is 7.14. The number of benzene rings is 4.